The van der Waals surface area contributed by atoms with Gasteiger partial charge in [-0.25, -0.2) is 0 Å². The fourth-order valence-corrected chi connectivity index (χ4v) is 4.07. The van der Waals surface area contributed by atoms with Crippen LogP contribution in [-0.2, 0) is 16.1 Å². The van der Waals surface area contributed by atoms with E-state index in [2.05, 4.69) is 23.8 Å². The van der Waals surface area contributed by atoms with E-state index >= 15 is 0 Å². The van der Waals surface area contributed by atoms with E-state index in [1.165, 1.54) is 4.90 Å². The highest BCUT2D eigenvalue weighted by atomic mass is 35.5. The lowest BCUT2D eigenvalue weighted by Gasteiger charge is -2.31. The second-order valence-electron chi connectivity index (χ2n) is 9.01. The van der Waals surface area contributed by atoms with E-state index in [-0.39, 0.29) is 36.6 Å². The first kappa shape index (κ1) is 27.5. The van der Waals surface area contributed by atoms with Crippen LogP contribution in [0.5, 0.6) is 0 Å². The number of rotatable bonds is 11. The van der Waals surface area contributed by atoms with Crippen LogP contribution in [0.15, 0.2) is 72.4 Å². The summed E-state index contributed by atoms with van der Waals surface area (Å²) in [4.78, 5) is 27.9. The number of benzene rings is 2. The van der Waals surface area contributed by atoms with E-state index in [1.807, 2.05) is 0 Å². The van der Waals surface area contributed by atoms with Crippen molar-refractivity contribution in [2.75, 3.05) is 6.54 Å². The smallest absolute Gasteiger partial charge is 0.274 e. The van der Waals surface area contributed by atoms with Gasteiger partial charge in [0.1, 0.15) is 12.4 Å². The van der Waals surface area contributed by atoms with Crippen LogP contribution < -0.4 is 22.1 Å². The Kier molecular flexibility index (Phi) is 9.14. The Morgan fingerprint density at radius 2 is 1.59 bits per heavy atom. The molecule has 1 fully saturated rings. The van der Waals surface area contributed by atoms with Gasteiger partial charge in [-0.3, -0.25) is 19.9 Å². The molecule has 0 radical (unpaired) electrons. The molecule has 0 heterocycles. The number of amides is 2. The predicted molar refractivity (Wildman–Crippen MR) is 149 cm³/mol. The van der Waals surface area contributed by atoms with Gasteiger partial charge in [0.15, 0.2) is 0 Å². The maximum absolute atomic E-state index is 13.5. The number of nitrogens with zero attached hydrogens (tertiary/aromatic N) is 1. The van der Waals surface area contributed by atoms with Crippen molar-refractivity contribution in [3.05, 3.63) is 94.7 Å². The summed E-state index contributed by atoms with van der Waals surface area (Å²) >= 11 is 6.50. The topological polar surface area (TPSA) is 137 Å². The van der Waals surface area contributed by atoms with Gasteiger partial charge < -0.3 is 22.1 Å². The molecule has 2 amide bonds. The third-order valence-corrected chi connectivity index (χ3v) is 6.35. The van der Waals surface area contributed by atoms with Crippen LogP contribution >= 0.6 is 11.6 Å². The molecular weight excluding hydrogens is 488 g/mol. The summed E-state index contributed by atoms with van der Waals surface area (Å²) in [5.41, 5.74) is 15.1. The third-order valence-electron chi connectivity index (χ3n) is 6.17. The summed E-state index contributed by atoms with van der Waals surface area (Å²) in [5.74, 6) is -0.835. The number of allylic oxidation sites excluding steroid dienone is 1. The number of carbonyl (C=O) groups is 2. The summed E-state index contributed by atoms with van der Waals surface area (Å²) in [6.07, 6.45) is 3.04. The number of carbonyl (C=O) groups excluding carboxylic acids is 2. The lowest BCUT2D eigenvalue weighted by Crippen LogP contribution is -2.44. The molecule has 1 saturated carbocycles. The van der Waals surface area contributed by atoms with Gasteiger partial charge in [-0.2, -0.15) is 0 Å². The van der Waals surface area contributed by atoms with Gasteiger partial charge in [0, 0.05) is 28.9 Å². The molecule has 0 bridgehead atoms. The van der Waals surface area contributed by atoms with E-state index in [0.717, 1.165) is 30.4 Å². The van der Waals surface area contributed by atoms with Crippen molar-refractivity contribution in [2.45, 2.75) is 38.8 Å². The van der Waals surface area contributed by atoms with Crippen LogP contribution in [0.25, 0.3) is 11.4 Å². The van der Waals surface area contributed by atoms with Gasteiger partial charge in [0.2, 0.25) is 5.91 Å². The summed E-state index contributed by atoms with van der Waals surface area (Å²) < 4.78 is 0. The minimum Gasteiger partial charge on any atom is -0.399 e. The largest absolute Gasteiger partial charge is 0.399 e. The Labute approximate surface area is 222 Å². The molecule has 9 heteroatoms. The van der Waals surface area contributed by atoms with E-state index in [9.17, 15) is 9.59 Å². The molecule has 194 valence electrons. The fourth-order valence-electron chi connectivity index (χ4n) is 3.86. The van der Waals surface area contributed by atoms with Gasteiger partial charge in [0.05, 0.1) is 11.4 Å². The molecule has 7 N–H and O–H groups in total. The number of halogens is 1. The van der Waals surface area contributed by atoms with Gasteiger partial charge in [0.25, 0.3) is 5.91 Å². The minimum atomic E-state index is -0.435. The number of hydrogen-bond donors (Lipinski definition) is 5. The quantitative estimate of drug-likeness (QED) is 0.175. The van der Waals surface area contributed by atoms with Crippen LogP contribution in [0, 0.1) is 5.41 Å². The SMILES string of the molecule is C=C(NC1CCC1)C(=O)N(CC(=O)NCc1ccc(C(=N)N)cc1)/C(=C(\C)Cl)c1ccc(C(=C)N)cc1. The highest BCUT2D eigenvalue weighted by Crippen LogP contribution is 2.28. The number of nitrogen functional groups attached to an aromatic ring is 1. The van der Waals surface area contributed by atoms with Gasteiger partial charge >= 0.3 is 0 Å². The Bertz CT molecular complexity index is 1230. The van der Waals surface area contributed by atoms with E-state index in [0.29, 0.717) is 27.6 Å². The highest BCUT2D eigenvalue weighted by Gasteiger charge is 2.28. The minimum absolute atomic E-state index is 0.0277. The number of nitrogens with two attached hydrogens (primary N) is 2. The maximum atomic E-state index is 13.5. The summed E-state index contributed by atoms with van der Waals surface area (Å²) in [6.45, 7) is 9.33. The Morgan fingerprint density at radius 3 is 2.08 bits per heavy atom. The standard InChI is InChI=1S/C28H33ClN6O2/c1-17(29)26(22-13-11-21(12-14-22)18(2)30)35(28(37)19(3)34-24-5-4-6-24)16-25(36)33-15-20-7-9-23(10-8-20)27(31)32/h7-14,24,34H,2-6,15-16,30H2,1H3,(H3,31,32)(H,33,36)/b26-17+. The summed E-state index contributed by atoms with van der Waals surface area (Å²) in [5, 5.41) is 13.9. The van der Waals surface area contributed by atoms with Crippen molar-refractivity contribution in [3.63, 3.8) is 0 Å². The molecule has 0 saturated heterocycles. The average molecular weight is 521 g/mol. The van der Waals surface area contributed by atoms with Gasteiger partial charge in [-0.05, 0) is 42.9 Å². The molecule has 0 spiro atoms. The molecule has 1 aliphatic rings. The third kappa shape index (κ3) is 7.24. The van der Waals surface area contributed by atoms with Crippen LogP contribution in [0.2, 0.25) is 0 Å². The lowest BCUT2D eigenvalue weighted by molar-refractivity contribution is -0.130. The van der Waals surface area contributed by atoms with Crippen molar-refractivity contribution in [1.82, 2.24) is 15.5 Å². The zero-order valence-corrected chi connectivity index (χ0v) is 21.7. The van der Waals surface area contributed by atoms with Crippen molar-refractivity contribution in [2.24, 2.45) is 11.5 Å². The van der Waals surface area contributed by atoms with Crippen molar-refractivity contribution in [1.29, 1.82) is 5.41 Å². The van der Waals surface area contributed by atoms with Crippen LogP contribution in [0.4, 0.5) is 0 Å². The molecule has 0 aromatic heterocycles. The van der Waals surface area contributed by atoms with Crippen molar-refractivity contribution in [3.8, 4) is 0 Å². The molecule has 0 aliphatic heterocycles. The Morgan fingerprint density at radius 1 is 1.03 bits per heavy atom. The molecule has 8 nitrogen and oxygen atoms in total. The van der Waals surface area contributed by atoms with Gasteiger partial charge in [-0.1, -0.05) is 73.3 Å². The molecule has 37 heavy (non-hydrogen) atoms. The lowest BCUT2D eigenvalue weighted by atomic mass is 9.93. The monoisotopic (exact) mass is 520 g/mol. The first-order valence-corrected chi connectivity index (χ1v) is 12.3. The second kappa shape index (κ2) is 12.3. The zero-order valence-electron chi connectivity index (χ0n) is 20.9. The van der Waals surface area contributed by atoms with Gasteiger partial charge in [-0.15, -0.1) is 0 Å². The molecular formula is C28H33ClN6O2. The normalized spacial score (nSPS) is 13.6. The summed E-state index contributed by atoms with van der Waals surface area (Å²) in [7, 11) is 0. The Balaban J connectivity index is 1.82. The first-order chi connectivity index (χ1) is 17.6. The fraction of sp³-hybridized carbons (Fsp3) is 0.250. The van der Waals surface area contributed by atoms with Crippen LogP contribution in [0.1, 0.15) is 48.4 Å². The van der Waals surface area contributed by atoms with Crippen LogP contribution in [-0.4, -0.2) is 35.1 Å². The number of hydrogen-bond acceptors (Lipinski definition) is 5. The molecule has 0 unspecified atom stereocenters. The average Bonchev–Trinajstić information content (AvgIpc) is 2.84. The van der Waals surface area contributed by atoms with Crippen molar-refractivity contribution < 1.29 is 9.59 Å². The maximum Gasteiger partial charge on any atom is 0.274 e. The highest BCUT2D eigenvalue weighted by molar-refractivity contribution is 6.32. The van der Waals surface area contributed by atoms with Crippen molar-refractivity contribution >= 4 is 40.6 Å². The zero-order chi connectivity index (χ0) is 27.1. The second-order valence-corrected chi connectivity index (χ2v) is 9.58. The molecule has 2 aromatic carbocycles. The summed E-state index contributed by atoms with van der Waals surface area (Å²) in [6, 6.07) is 14.3. The van der Waals surface area contributed by atoms with E-state index in [1.54, 1.807) is 55.5 Å². The van der Waals surface area contributed by atoms with E-state index < -0.39 is 5.91 Å². The number of nitrogens with one attached hydrogen (secondary N) is 3. The molecule has 3 rings (SSSR count). The predicted octanol–water partition coefficient (Wildman–Crippen LogP) is 3.63. The first-order valence-electron chi connectivity index (χ1n) is 12.0. The van der Waals surface area contributed by atoms with Crippen LogP contribution in [0.3, 0.4) is 0 Å². The molecule has 2 aromatic rings. The molecule has 0 atom stereocenters. The van der Waals surface area contributed by atoms with E-state index in [4.69, 9.17) is 28.5 Å². The Hall–Kier alpha value is -4.04. The number of amidine groups is 1. The molecule has 1 aliphatic carbocycles.